The van der Waals surface area contributed by atoms with Crippen molar-refractivity contribution in [1.82, 2.24) is 5.32 Å². The normalized spacial score (nSPS) is 14.6. The number of para-hydroxylation sites is 1. The predicted octanol–water partition coefficient (Wildman–Crippen LogP) is 2.82. The van der Waals surface area contributed by atoms with E-state index in [4.69, 9.17) is 0 Å². The number of hydrogen-bond donors (Lipinski definition) is 1. The van der Waals surface area contributed by atoms with Gasteiger partial charge in [-0.25, -0.2) is 8.42 Å². The summed E-state index contributed by atoms with van der Waals surface area (Å²) >= 11 is 1.54. The van der Waals surface area contributed by atoms with Crippen LogP contribution in [0, 0.1) is 0 Å². The van der Waals surface area contributed by atoms with Crippen molar-refractivity contribution in [3.63, 3.8) is 0 Å². The van der Waals surface area contributed by atoms with E-state index in [1.54, 1.807) is 0 Å². The number of fused-ring (bicyclic) bond motifs is 1. The first-order valence-electron chi connectivity index (χ1n) is 8.99. The first-order chi connectivity index (χ1) is 13.0. The van der Waals surface area contributed by atoms with E-state index in [2.05, 4.69) is 5.32 Å². The summed E-state index contributed by atoms with van der Waals surface area (Å²) in [4.78, 5) is 12.2. The molecule has 1 heterocycles. The highest BCUT2D eigenvalue weighted by atomic mass is 32.2. The maximum atomic E-state index is 12.6. The molecule has 1 N–H and O–H groups in total. The van der Waals surface area contributed by atoms with Gasteiger partial charge in [0.1, 0.15) is 0 Å². The molecule has 2 aromatic rings. The fraction of sp³-hybridized carbons (Fsp3) is 0.350. The number of carbonyl (C=O) groups excluding carboxylic acids is 1. The summed E-state index contributed by atoms with van der Waals surface area (Å²) in [5.74, 6) is 0.523. The quantitative estimate of drug-likeness (QED) is 0.735. The summed E-state index contributed by atoms with van der Waals surface area (Å²) < 4.78 is 26.7. The minimum Gasteiger partial charge on any atom is -0.354 e. The highest BCUT2D eigenvalue weighted by Crippen LogP contribution is 2.29. The van der Waals surface area contributed by atoms with Gasteiger partial charge in [-0.3, -0.25) is 9.10 Å². The fourth-order valence-corrected chi connectivity index (χ4v) is 5.32. The Kier molecular flexibility index (Phi) is 6.44. The second-order valence-corrected chi connectivity index (χ2v) is 9.84. The highest BCUT2D eigenvalue weighted by Gasteiger charge is 2.28. The van der Waals surface area contributed by atoms with Crippen molar-refractivity contribution in [3.8, 4) is 0 Å². The van der Waals surface area contributed by atoms with Gasteiger partial charge >= 0.3 is 0 Å². The molecule has 2 aromatic carbocycles. The third kappa shape index (κ3) is 5.05. The second kappa shape index (κ2) is 8.80. The lowest BCUT2D eigenvalue weighted by atomic mass is 10.2. The van der Waals surface area contributed by atoms with E-state index in [0.29, 0.717) is 6.54 Å². The van der Waals surface area contributed by atoms with Crippen LogP contribution in [0.3, 0.4) is 0 Å². The maximum absolute atomic E-state index is 12.6. The van der Waals surface area contributed by atoms with Gasteiger partial charge in [-0.1, -0.05) is 48.5 Å². The Bertz CT molecular complexity index is 885. The van der Waals surface area contributed by atoms with Crippen LogP contribution in [0.25, 0.3) is 0 Å². The summed E-state index contributed by atoms with van der Waals surface area (Å²) in [6.45, 7) is 2.43. The molecule has 27 heavy (non-hydrogen) atoms. The van der Waals surface area contributed by atoms with Gasteiger partial charge < -0.3 is 5.32 Å². The van der Waals surface area contributed by atoms with Crippen molar-refractivity contribution in [1.29, 1.82) is 0 Å². The molecular formula is C20H24N2O3S2. The van der Waals surface area contributed by atoms with Crippen molar-refractivity contribution in [2.45, 2.75) is 24.3 Å². The Labute approximate surface area is 165 Å². The van der Waals surface area contributed by atoms with Crippen molar-refractivity contribution in [2.24, 2.45) is 0 Å². The van der Waals surface area contributed by atoms with E-state index >= 15 is 0 Å². The number of benzene rings is 2. The maximum Gasteiger partial charge on any atom is 0.236 e. The molecule has 7 heteroatoms. The Morgan fingerprint density at radius 3 is 2.63 bits per heavy atom. The van der Waals surface area contributed by atoms with Crippen LogP contribution in [0.2, 0.25) is 0 Å². The molecule has 1 atom stereocenters. The predicted molar refractivity (Wildman–Crippen MR) is 111 cm³/mol. The summed E-state index contributed by atoms with van der Waals surface area (Å²) in [5.41, 5.74) is 2.98. The Morgan fingerprint density at radius 2 is 1.85 bits per heavy atom. The smallest absolute Gasteiger partial charge is 0.236 e. The van der Waals surface area contributed by atoms with Crippen molar-refractivity contribution >= 4 is 33.4 Å². The van der Waals surface area contributed by atoms with Crippen LogP contribution in [0.4, 0.5) is 5.69 Å². The molecule has 0 fully saturated rings. The number of hydrogen-bond acceptors (Lipinski definition) is 4. The Balaban J connectivity index is 1.46. The van der Waals surface area contributed by atoms with E-state index in [1.165, 1.54) is 16.1 Å². The molecule has 5 nitrogen and oxygen atoms in total. The fourth-order valence-electron chi connectivity index (χ4n) is 3.03. The number of nitrogens with zero attached hydrogens (tertiary/aromatic N) is 1. The number of anilines is 1. The average Bonchev–Trinajstić information content (AvgIpc) is 3.12. The number of sulfonamides is 1. The molecule has 0 unspecified atom stereocenters. The Hall–Kier alpha value is -1.99. The molecular weight excluding hydrogens is 380 g/mol. The molecule has 0 spiro atoms. The topological polar surface area (TPSA) is 66.5 Å². The number of nitrogens with one attached hydrogen (secondary N) is 1. The van der Waals surface area contributed by atoms with E-state index in [-0.39, 0.29) is 23.5 Å². The zero-order valence-electron chi connectivity index (χ0n) is 15.3. The number of rotatable bonds is 8. The van der Waals surface area contributed by atoms with Gasteiger partial charge in [0, 0.05) is 18.8 Å². The highest BCUT2D eigenvalue weighted by molar-refractivity contribution is 7.99. The zero-order chi connectivity index (χ0) is 19.3. The second-order valence-electron chi connectivity index (χ2n) is 6.50. The van der Waals surface area contributed by atoms with Crippen LogP contribution < -0.4 is 9.62 Å². The third-order valence-corrected chi connectivity index (χ3v) is 7.54. The standard InChI is InChI=1S/C20H24N2O3S2/c1-16(26-15-17-7-3-2-4-8-17)20(23)21-12-14-27(24,25)22-13-11-18-9-5-6-10-19(18)22/h2-10,16H,11-15H2,1H3,(H,21,23)/t16-/m0/s1. The summed E-state index contributed by atoms with van der Waals surface area (Å²) in [7, 11) is -3.44. The summed E-state index contributed by atoms with van der Waals surface area (Å²) in [6.07, 6.45) is 0.731. The minimum atomic E-state index is -3.44. The van der Waals surface area contributed by atoms with Gasteiger partial charge in [-0.05, 0) is 30.5 Å². The minimum absolute atomic E-state index is 0.0941. The first kappa shape index (κ1) is 19.8. The molecule has 0 bridgehead atoms. The van der Waals surface area contributed by atoms with Crippen molar-refractivity contribution in [2.75, 3.05) is 23.1 Å². The van der Waals surface area contributed by atoms with Crippen LogP contribution in [0.1, 0.15) is 18.1 Å². The van der Waals surface area contributed by atoms with Gasteiger partial charge in [-0.2, -0.15) is 0 Å². The lowest BCUT2D eigenvalue weighted by Gasteiger charge is -2.20. The molecule has 1 aliphatic heterocycles. The van der Waals surface area contributed by atoms with E-state index in [9.17, 15) is 13.2 Å². The first-order valence-corrected chi connectivity index (χ1v) is 11.6. The molecule has 1 aliphatic rings. The van der Waals surface area contributed by atoms with Crippen molar-refractivity contribution in [3.05, 3.63) is 65.7 Å². The van der Waals surface area contributed by atoms with Crippen LogP contribution in [-0.4, -0.2) is 38.4 Å². The van der Waals surface area contributed by atoms with Crippen molar-refractivity contribution < 1.29 is 13.2 Å². The summed E-state index contributed by atoms with van der Waals surface area (Å²) in [6, 6.07) is 17.5. The van der Waals surface area contributed by atoms with Gasteiger partial charge in [0.2, 0.25) is 15.9 Å². The molecule has 0 saturated carbocycles. The number of thioether (sulfide) groups is 1. The molecule has 144 valence electrons. The Morgan fingerprint density at radius 1 is 1.15 bits per heavy atom. The SMILES string of the molecule is C[C@H](SCc1ccccc1)C(=O)NCCS(=O)(=O)N1CCc2ccccc21. The largest absolute Gasteiger partial charge is 0.354 e. The van der Waals surface area contributed by atoms with E-state index < -0.39 is 10.0 Å². The lowest BCUT2D eigenvalue weighted by Crippen LogP contribution is -2.39. The molecule has 0 aliphatic carbocycles. The molecule has 1 amide bonds. The number of carbonyl (C=O) groups is 1. The molecule has 3 rings (SSSR count). The third-order valence-electron chi connectivity index (χ3n) is 4.55. The lowest BCUT2D eigenvalue weighted by molar-refractivity contribution is -0.120. The zero-order valence-corrected chi connectivity index (χ0v) is 16.9. The number of amides is 1. The summed E-state index contributed by atoms with van der Waals surface area (Å²) in [5, 5.41) is 2.52. The van der Waals surface area contributed by atoms with Gasteiger partial charge in [0.15, 0.2) is 0 Å². The molecule has 0 radical (unpaired) electrons. The molecule has 0 saturated heterocycles. The average molecular weight is 405 g/mol. The van der Waals surface area contributed by atoms with Crippen LogP contribution >= 0.6 is 11.8 Å². The van der Waals surface area contributed by atoms with Gasteiger partial charge in [0.05, 0.1) is 16.7 Å². The molecule has 0 aromatic heterocycles. The van der Waals surface area contributed by atoms with Gasteiger partial charge in [-0.15, -0.1) is 11.8 Å². The van der Waals surface area contributed by atoms with Gasteiger partial charge in [0.25, 0.3) is 0 Å². The van der Waals surface area contributed by atoms with Crippen LogP contribution in [-0.2, 0) is 27.0 Å². The van der Waals surface area contributed by atoms with E-state index in [0.717, 1.165) is 29.0 Å². The van der Waals surface area contributed by atoms with Crippen LogP contribution in [0.15, 0.2) is 54.6 Å². The monoisotopic (exact) mass is 404 g/mol. The van der Waals surface area contributed by atoms with E-state index in [1.807, 2.05) is 61.5 Å². The van der Waals surface area contributed by atoms with Crippen LogP contribution in [0.5, 0.6) is 0 Å².